The van der Waals surface area contributed by atoms with Crippen molar-refractivity contribution in [2.75, 3.05) is 0 Å². The molecule has 16 heavy (non-hydrogen) atoms. The van der Waals surface area contributed by atoms with Crippen LogP contribution in [-0.2, 0) is 0 Å². The molecule has 2 unspecified atom stereocenters. The van der Waals surface area contributed by atoms with E-state index in [9.17, 15) is 4.79 Å². The van der Waals surface area contributed by atoms with Gasteiger partial charge in [-0.25, -0.2) is 0 Å². The maximum atomic E-state index is 11.9. The minimum Gasteiger partial charge on any atom is -0.294 e. The molecule has 0 aliphatic carbocycles. The number of benzene rings is 1. The largest absolute Gasteiger partial charge is 0.294 e. The van der Waals surface area contributed by atoms with Crippen LogP contribution in [0.1, 0.15) is 30.1 Å². The molecule has 0 aliphatic heterocycles. The van der Waals surface area contributed by atoms with Gasteiger partial charge in [0.1, 0.15) is 0 Å². The number of hydrogen-bond donors (Lipinski definition) is 0. The fraction of sp³-hybridized carbons (Fsp3) is 0.364. The van der Waals surface area contributed by atoms with Gasteiger partial charge in [0.15, 0.2) is 5.78 Å². The molecule has 88 valence electrons. The summed E-state index contributed by atoms with van der Waals surface area (Å²) < 4.78 is 0. The molecular formula is C11H12Cl3OP. The second kappa shape index (κ2) is 6.21. The van der Waals surface area contributed by atoms with Crippen molar-refractivity contribution < 1.29 is 4.79 Å². The SMILES string of the molecule is CC(P)CCC(=O)c1c(Cl)cc(Cl)cc1Cl. The molecule has 0 spiro atoms. The molecule has 0 fully saturated rings. The minimum atomic E-state index is -0.0408. The van der Waals surface area contributed by atoms with E-state index >= 15 is 0 Å². The highest BCUT2D eigenvalue weighted by Gasteiger charge is 2.15. The van der Waals surface area contributed by atoms with Crippen LogP contribution < -0.4 is 0 Å². The van der Waals surface area contributed by atoms with Gasteiger partial charge in [0.25, 0.3) is 0 Å². The van der Waals surface area contributed by atoms with Gasteiger partial charge in [0, 0.05) is 11.4 Å². The van der Waals surface area contributed by atoms with E-state index in [1.807, 2.05) is 6.92 Å². The number of hydrogen-bond acceptors (Lipinski definition) is 1. The molecule has 5 heteroatoms. The first-order valence-electron chi connectivity index (χ1n) is 4.85. The second-order valence-electron chi connectivity index (χ2n) is 3.68. The van der Waals surface area contributed by atoms with Crippen LogP contribution in [0.15, 0.2) is 12.1 Å². The van der Waals surface area contributed by atoms with Crippen molar-refractivity contribution in [2.45, 2.75) is 25.4 Å². The first-order valence-corrected chi connectivity index (χ1v) is 6.65. The van der Waals surface area contributed by atoms with E-state index in [-0.39, 0.29) is 5.78 Å². The first-order chi connectivity index (χ1) is 7.41. The summed E-state index contributed by atoms with van der Waals surface area (Å²) in [6.07, 6.45) is 1.23. The third kappa shape index (κ3) is 3.89. The Morgan fingerprint density at radius 3 is 2.25 bits per heavy atom. The maximum Gasteiger partial charge on any atom is 0.165 e. The number of carbonyl (C=O) groups excluding carboxylic acids is 1. The summed E-state index contributed by atoms with van der Waals surface area (Å²) in [6.45, 7) is 2.03. The van der Waals surface area contributed by atoms with Gasteiger partial charge in [0.2, 0.25) is 0 Å². The second-order valence-corrected chi connectivity index (χ2v) is 6.07. The molecule has 0 aromatic heterocycles. The van der Waals surface area contributed by atoms with E-state index in [0.717, 1.165) is 6.42 Å². The lowest BCUT2D eigenvalue weighted by Crippen LogP contribution is -2.04. The molecule has 0 saturated carbocycles. The molecule has 0 radical (unpaired) electrons. The summed E-state index contributed by atoms with van der Waals surface area (Å²) in [5.41, 5.74) is 0.771. The number of carbonyl (C=O) groups is 1. The molecule has 1 aromatic rings. The Labute approximate surface area is 113 Å². The zero-order valence-electron chi connectivity index (χ0n) is 8.77. The van der Waals surface area contributed by atoms with Crippen LogP contribution in [0.4, 0.5) is 0 Å². The van der Waals surface area contributed by atoms with Gasteiger partial charge in [-0.05, 0) is 24.2 Å². The van der Waals surface area contributed by atoms with E-state index in [4.69, 9.17) is 34.8 Å². The monoisotopic (exact) mass is 296 g/mol. The van der Waals surface area contributed by atoms with Crippen LogP contribution in [0.25, 0.3) is 0 Å². The fourth-order valence-electron chi connectivity index (χ4n) is 1.29. The van der Waals surface area contributed by atoms with Gasteiger partial charge in [-0.15, -0.1) is 9.24 Å². The van der Waals surface area contributed by atoms with Crippen LogP contribution in [-0.4, -0.2) is 11.4 Å². The molecule has 0 bridgehead atoms. The van der Waals surface area contributed by atoms with Gasteiger partial charge in [-0.1, -0.05) is 41.7 Å². The molecule has 1 nitrogen and oxygen atoms in total. The summed E-state index contributed by atoms with van der Waals surface area (Å²) in [6, 6.07) is 3.07. The smallest absolute Gasteiger partial charge is 0.165 e. The van der Waals surface area contributed by atoms with E-state index in [1.165, 1.54) is 12.1 Å². The van der Waals surface area contributed by atoms with Crippen LogP contribution >= 0.6 is 44.0 Å². The van der Waals surface area contributed by atoms with Crippen LogP contribution in [0.3, 0.4) is 0 Å². The van der Waals surface area contributed by atoms with Crippen LogP contribution in [0.2, 0.25) is 15.1 Å². The van der Waals surface area contributed by atoms with Crippen molar-refractivity contribution in [3.8, 4) is 0 Å². The Balaban J connectivity index is 2.91. The van der Waals surface area contributed by atoms with Crippen LogP contribution in [0.5, 0.6) is 0 Å². The Morgan fingerprint density at radius 2 is 1.81 bits per heavy atom. The Hall–Kier alpha value is 0.190. The Kier molecular flexibility index (Phi) is 5.53. The van der Waals surface area contributed by atoms with Crippen molar-refractivity contribution in [2.24, 2.45) is 0 Å². The molecule has 0 heterocycles. The van der Waals surface area contributed by atoms with Gasteiger partial charge in [0.05, 0.1) is 15.6 Å². The molecule has 0 amide bonds. The van der Waals surface area contributed by atoms with Gasteiger partial charge in [-0.2, -0.15) is 0 Å². The fourth-order valence-corrected chi connectivity index (χ4v) is 2.49. The lowest BCUT2D eigenvalue weighted by atomic mass is 10.1. The van der Waals surface area contributed by atoms with E-state index < -0.39 is 0 Å². The maximum absolute atomic E-state index is 11.9. The highest BCUT2D eigenvalue weighted by Crippen LogP contribution is 2.30. The molecule has 0 N–H and O–H groups in total. The average molecular weight is 298 g/mol. The van der Waals surface area contributed by atoms with Gasteiger partial charge in [-0.3, -0.25) is 4.79 Å². The summed E-state index contributed by atoms with van der Waals surface area (Å²) in [4.78, 5) is 11.9. The Morgan fingerprint density at radius 1 is 1.31 bits per heavy atom. The zero-order chi connectivity index (χ0) is 12.3. The molecular weight excluding hydrogens is 285 g/mol. The number of rotatable bonds is 4. The number of halogens is 3. The normalized spacial score (nSPS) is 12.6. The molecule has 0 aliphatic rings. The standard InChI is InChI=1S/C11H12Cl3OP/c1-6(16)2-3-10(15)11-8(13)4-7(12)5-9(11)14/h4-6H,2-3,16H2,1H3. The third-order valence-corrected chi connectivity index (χ3v) is 3.26. The quantitative estimate of drug-likeness (QED) is 0.572. The number of Topliss-reactive ketones (excluding diaryl/α,β-unsaturated/α-hetero) is 1. The van der Waals surface area contributed by atoms with E-state index in [1.54, 1.807) is 0 Å². The van der Waals surface area contributed by atoms with Crippen LogP contribution in [0, 0.1) is 0 Å². The van der Waals surface area contributed by atoms with E-state index in [2.05, 4.69) is 9.24 Å². The highest BCUT2D eigenvalue weighted by atomic mass is 35.5. The average Bonchev–Trinajstić information content (AvgIpc) is 2.12. The van der Waals surface area contributed by atoms with Gasteiger partial charge < -0.3 is 0 Å². The molecule has 1 aromatic carbocycles. The van der Waals surface area contributed by atoms with E-state index in [0.29, 0.717) is 32.7 Å². The predicted molar refractivity (Wildman–Crippen MR) is 74.2 cm³/mol. The van der Waals surface area contributed by atoms with Gasteiger partial charge >= 0.3 is 0 Å². The Bertz CT molecular complexity index is 381. The van der Waals surface area contributed by atoms with Crippen molar-refractivity contribution in [3.05, 3.63) is 32.8 Å². The first kappa shape index (κ1) is 14.3. The molecule has 2 atom stereocenters. The van der Waals surface area contributed by atoms with Crippen molar-refractivity contribution in [1.82, 2.24) is 0 Å². The summed E-state index contributed by atoms with van der Waals surface area (Å²) in [5.74, 6) is -0.0408. The zero-order valence-corrected chi connectivity index (χ0v) is 12.2. The summed E-state index contributed by atoms with van der Waals surface area (Å²) in [5, 5.41) is 1.07. The van der Waals surface area contributed by atoms with Crippen molar-refractivity contribution in [3.63, 3.8) is 0 Å². The topological polar surface area (TPSA) is 17.1 Å². The summed E-state index contributed by atoms with van der Waals surface area (Å²) >= 11 is 17.7. The highest BCUT2D eigenvalue weighted by molar-refractivity contribution is 7.17. The van der Waals surface area contributed by atoms with Crippen molar-refractivity contribution >= 4 is 49.8 Å². The summed E-state index contributed by atoms with van der Waals surface area (Å²) in [7, 11) is 2.65. The lowest BCUT2D eigenvalue weighted by Gasteiger charge is -2.08. The molecule has 1 rings (SSSR count). The third-order valence-electron chi connectivity index (χ3n) is 2.11. The van der Waals surface area contributed by atoms with Crippen molar-refractivity contribution in [1.29, 1.82) is 0 Å². The minimum absolute atomic E-state index is 0.0408. The number of ketones is 1. The molecule has 0 saturated heterocycles. The lowest BCUT2D eigenvalue weighted by molar-refractivity contribution is 0.0980. The predicted octanol–water partition coefficient (Wildman–Crippen LogP) is 4.87.